The Labute approximate surface area is 200 Å². The second-order valence-electron chi connectivity index (χ2n) is 7.96. The molecule has 168 valence electrons. The van der Waals surface area contributed by atoms with Gasteiger partial charge in [-0.25, -0.2) is 4.79 Å². The summed E-state index contributed by atoms with van der Waals surface area (Å²) in [5, 5.41) is 3.32. The number of rotatable bonds is 6. The molecule has 2 heterocycles. The van der Waals surface area contributed by atoms with Crippen LogP contribution in [0.1, 0.15) is 54.3 Å². The highest BCUT2D eigenvalue weighted by Gasteiger charge is 2.40. The lowest BCUT2D eigenvalue weighted by atomic mass is 9.78. The van der Waals surface area contributed by atoms with Crippen molar-refractivity contribution in [2.45, 2.75) is 52.6 Å². The lowest BCUT2D eigenvalue weighted by Crippen LogP contribution is -2.34. The van der Waals surface area contributed by atoms with E-state index in [0.29, 0.717) is 24.2 Å². The third-order valence-electron chi connectivity index (χ3n) is 5.80. The molecule has 32 heavy (non-hydrogen) atoms. The van der Waals surface area contributed by atoms with E-state index in [0.717, 1.165) is 49.8 Å². The van der Waals surface area contributed by atoms with Gasteiger partial charge in [-0.15, -0.1) is 11.3 Å². The summed E-state index contributed by atoms with van der Waals surface area (Å²) in [6.07, 6.45) is 2.15. The Kier molecular flexibility index (Phi) is 6.86. The van der Waals surface area contributed by atoms with Gasteiger partial charge in [-0.1, -0.05) is 15.9 Å². The molecule has 1 aromatic carbocycles. The molecule has 0 bridgehead atoms. The molecule has 0 fully saturated rings. The minimum Gasteiger partial charge on any atom is -0.489 e. The Hall–Kier alpha value is -2.38. The van der Waals surface area contributed by atoms with Gasteiger partial charge >= 0.3 is 5.97 Å². The van der Waals surface area contributed by atoms with Crippen LogP contribution < -0.4 is 10.1 Å². The van der Waals surface area contributed by atoms with Gasteiger partial charge in [0.25, 0.3) is 0 Å². The number of hydrogen-bond acceptors (Lipinski definition) is 6. The average Bonchev–Trinajstić information content (AvgIpc) is 3.13. The number of esters is 1. The summed E-state index contributed by atoms with van der Waals surface area (Å²) in [5.74, 6) is 0.128. The standard InChI is InChI=1S/C25H26BrNO4S/c1-4-30-25(29)22-14(2)27-19-6-5-7-20(28)23(19)24(22)21-12-16(15(3)32-21)13-31-18-10-8-17(26)9-11-18/h8-12,24,27H,4-7,13H2,1-3H3. The predicted molar refractivity (Wildman–Crippen MR) is 129 cm³/mol. The third-order valence-corrected chi connectivity index (χ3v) is 7.49. The molecule has 1 aromatic heterocycles. The predicted octanol–water partition coefficient (Wildman–Crippen LogP) is 5.93. The fraction of sp³-hybridized carbons (Fsp3) is 0.360. The highest BCUT2D eigenvalue weighted by molar-refractivity contribution is 9.10. The van der Waals surface area contributed by atoms with Crippen LogP contribution in [-0.2, 0) is 20.9 Å². The number of ketones is 1. The van der Waals surface area contributed by atoms with Crippen molar-refractivity contribution in [3.05, 3.63) is 72.7 Å². The SMILES string of the molecule is CCOC(=O)C1=C(C)NC2=C(C(=O)CCC2)C1c1cc(COc2ccc(Br)cc2)c(C)s1. The topological polar surface area (TPSA) is 64.6 Å². The monoisotopic (exact) mass is 515 g/mol. The van der Waals surface area contributed by atoms with Crippen LogP contribution in [0.2, 0.25) is 0 Å². The molecular formula is C25H26BrNO4S. The zero-order valence-electron chi connectivity index (χ0n) is 18.4. The van der Waals surface area contributed by atoms with Gasteiger partial charge in [-0.2, -0.15) is 0 Å². The maximum absolute atomic E-state index is 13.0. The number of benzene rings is 1. The van der Waals surface area contributed by atoms with Crippen molar-refractivity contribution in [1.82, 2.24) is 5.32 Å². The average molecular weight is 516 g/mol. The molecular weight excluding hydrogens is 490 g/mol. The summed E-state index contributed by atoms with van der Waals surface area (Å²) in [5.41, 5.74) is 4.00. The molecule has 7 heteroatoms. The number of thiophene rings is 1. The van der Waals surface area contributed by atoms with Crippen LogP contribution in [0.5, 0.6) is 5.75 Å². The van der Waals surface area contributed by atoms with Crippen molar-refractivity contribution in [1.29, 1.82) is 0 Å². The summed E-state index contributed by atoms with van der Waals surface area (Å²) >= 11 is 5.05. The second-order valence-corrected chi connectivity index (χ2v) is 10.2. The summed E-state index contributed by atoms with van der Waals surface area (Å²) in [7, 11) is 0. The zero-order chi connectivity index (χ0) is 22.8. The minimum absolute atomic E-state index is 0.108. The number of hydrogen-bond donors (Lipinski definition) is 1. The molecule has 0 amide bonds. The number of allylic oxidation sites excluding steroid dienone is 3. The molecule has 0 radical (unpaired) electrons. The molecule has 5 nitrogen and oxygen atoms in total. The number of Topliss-reactive ketones (excluding diaryl/α,β-unsaturated/α-hetero) is 1. The molecule has 0 saturated carbocycles. The maximum Gasteiger partial charge on any atom is 0.336 e. The molecule has 0 saturated heterocycles. The Morgan fingerprint density at radius 3 is 2.69 bits per heavy atom. The minimum atomic E-state index is -0.400. The van der Waals surface area contributed by atoms with E-state index < -0.39 is 5.92 Å². The molecule has 2 aromatic rings. The fourth-order valence-corrected chi connectivity index (χ4v) is 5.69. The fourth-order valence-electron chi connectivity index (χ4n) is 4.27. The first-order chi connectivity index (χ1) is 15.4. The molecule has 1 aliphatic heterocycles. The number of halogens is 1. The number of nitrogens with one attached hydrogen (secondary N) is 1. The van der Waals surface area contributed by atoms with E-state index in [9.17, 15) is 9.59 Å². The summed E-state index contributed by atoms with van der Waals surface area (Å²) in [6, 6.07) is 9.80. The Morgan fingerprint density at radius 1 is 1.22 bits per heavy atom. The maximum atomic E-state index is 13.0. The van der Waals surface area contributed by atoms with Gasteiger partial charge in [0.05, 0.1) is 18.1 Å². The van der Waals surface area contributed by atoms with E-state index in [1.807, 2.05) is 38.1 Å². The van der Waals surface area contributed by atoms with Gasteiger partial charge in [0.1, 0.15) is 12.4 Å². The summed E-state index contributed by atoms with van der Waals surface area (Å²) in [6.45, 7) is 6.45. The molecule has 1 N–H and O–H groups in total. The van der Waals surface area contributed by atoms with Crippen LogP contribution in [-0.4, -0.2) is 18.4 Å². The second kappa shape index (κ2) is 9.63. The highest BCUT2D eigenvalue weighted by atomic mass is 79.9. The third kappa shape index (κ3) is 4.55. The van der Waals surface area contributed by atoms with Gasteiger partial charge in [-0.3, -0.25) is 4.79 Å². The van der Waals surface area contributed by atoms with Crippen molar-refractivity contribution in [3.8, 4) is 5.75 Å². The summed E-state index contributed by atoms with van der Waals surface area (Å²) < 4.78 is 12.4. The molecule has 1 unspecified atom stereocenters. The van der Waals surface area contributed by atoms with E-state index in [1.54, 1.807) is 18.3 Å². The first-order valence-corrected chi connectivity index (χ1v) is 12.4. The van der Waals surface area contributed by atoms with Gasteiger partial charge in [-0.05, 0) is 63.9 Å². The zero-order valence-corrected chi connectivity index (χ0v) is 20.8. The van der Waals surface area contributed by atoms with Crippen LogP contribution in [0, 0.1) is 6.92 Å². The van der Waals surface area contributed by atoms with Gasteiger partial charge in [0.15, 0.2) is 5.78 Å². The van der Waals surface area contributed by atoms with Crippen LogP contribution >= 0.6 is 27.3 Å². The number of ether oxygens (including phenoxy) is 2. The van der Waals surface area contributed by atoms with Crippen molar-refractivity contribution in [2.24, 2.45) is 0 Å². The van der Waals surface area contributed by atoms with Crippen molar-refractivity contribution in [2.75, 3.05) is 6.61 Å². The summed E-state index contributed by atoms with van der Waals surface area (Å²) in [4.78, 5) is 28.0. The number of carbonyl (C=O) groups excluding carboxylic acids is 2. The Balaban J connectivity index is 1.69. The van der Waals surface area contributed by atoms with Crippen LogP contribution in [0.25, 0.3) is 0 Å². The molecule has 1 atom stereocenters. The van der Waals surface area contributed by atoms with Crippen LogP contribution in [0.3, 0.4) is 0 Å². The number of aryl methyl sites for hydroxylation is 1. The van der Waals surface area contributed by atoms with Crippen LogP contribution in [0.4, 0.5) is 0 Å². The first kappa shape index (κ1) is 22.8. The Morgan fingerprint density at radius 2 is 1.97 bits per heavy atom. The van der Waals surface area contributed by atoms with Gasteiger partial charge < -0.3 is 14.8 Å². The normalized spacial score (nSPS) is 18.4. The van der Waals surface area contributed by atoms with Crippen LogP contribution in [0.15, 0.2) is 57.3 Å². The number of dihydropyridines is 1. The first-order valence-electron chi connectivity index (χ1n) is 10.8. The molecule has 0 spiro atoms. The van der Waals surface area contributed by atoms with E-state index in [-0.39, 0.29) is 18.4 Å². The van der Waals surface area contributed by atoms with E-state index >= 15 is 0 Å². The number of carbonyl (C=O) groups is 2. The van der Waals surface area contributed by atoms with Crippen molar-refractivity contribution >= 4 is 39.0 Å². The largest absolute Gasteiger partial charge is 0.489 e. The van der Waals surface area contributed by atoms with E-state index in [2.05, 4.69) is 27.3 Å². The molecule has 4 rings (SSSR count). The van der Waals surface area contributed by atoms with Crippen molar-refractivity contribution < 1.29 is 19.1 Å². The van der Waals surface area contributed by atoms with E-state index in [4.69, 9.17) is 9.47 Å². The van der Waals surface area contributed by atoms with E-state index in [1.165, 1.54) is 0 Å². The molecule has 1 aliphatic carbocycles. The molecule has 2 aliphatic rings. The van der Waals surface area contributed by atoms with Gasteiger partial charge in [0, 0.05) is 43.2 Å². The quantitative estimate of drug-likeness (QED) is 0.483. The Bertz CT molecular complexity index is 1110. The smallest absolute Gasteiger partial charge is 0.336 e. The van der Waals surface area contributed by atoms with Crippen molar-refractivity contribution in [3.63, 3.8) is 0 Å². The lowest BCUT2D eigenvalue weighted by molar-refractivity contribution is -0.138. The lowest BCUT2D eigenvalue weighted by Gasteiger charge is -2.33. The van der Waals surface area contributed by atoms with Gasteiger partial charge in [0.2, 0.25) is 0 Å². The highest BCUT2D eigenvalue weighted by Crippen LogP contribution is 2.45.